The van der Waals surface area contributed by atoms with Crippen molar-refractivity contribution in [2.24, 2.45) is 5.92 Å². The number of amides is 2. The van der Waals surface area contributed by atoms with Crippen molar-refractivity contribution in [3.63, 3.8) is 0 Å². The van der Waals surface area contributed by atoms with Crippen molar-refractivity contribution in [2.45, 2.75) is 70.0 Å². The first-order valence-corrected chi connectivity index (χ1v) is 16.2. The van der Waals surface area contributed by atoms with Crippen LogP contribution in [0.15, 0.2) is 24.4 Å². The molecule has 44 heavy (non-hydrogen) atoms. The number of carbonyl (C=O) groups is 2. The van der Waals surface area contributed by atoms with E-state index in [0.29, 0.717) is 46.9 Å². The van der Waals surface area contributed by atoms with Gasteiger partial charge >= 0.3 is 0 Å². The second kappa shape index (κ2) is 13.3. The van der Waals surface area contributed by atoms with Gasteiger partial charge in [-0.3, -0.25) is 19.5 Å². The minimum Gasteiger partial charge on any atom is -0.495 e. The Morgan fingerprint density at radius 1 is 1.07 bits per heavy atom. The maximum absolute atomic E-state index is 13.2. The second-order valence-corrected chi connectivity index (χ2v) is 12.6. The molecule has 12 heteroatoms. The summed E-state index contributed by atoms with van der Waals surface area (Å²) in [4.78, 5) is 42.1. The number of benzene rings is 1. The summed E-state index contributed by atoms with van der Waals surface area (Å²) in [5, 5.41) is 8.27. The molecule has 0 spiro atoms. The first-order chi connectivity index (χ1) is 21.4. The van der Waals surface area contributed by atoms with Gasteiger partial charge < -0.3 is 25.2 Å². The molecule has 3 N–H and O–H groups in total. The van der Waals surface area contributed by atoms with Gasteiger partial charge in [0.05, 0.1) is 19.0 Å². The number of piperazine rings is 1. The molecule has 1 aromatic carbocycles. The van der Waals surface area contributed by atoms with E-state index >= 15 is 0 Å². The van der Waals surface area contributed by atoms with Crippen LogP contribution in [0.1, 0.15) is 62.2 Å². The first kappa shape index (κ1) is 30.5. The van der Waals surface area contributed by atoms with Gasteiger partial charge in [-0.2, -0.15) is 4.98 Å². The monoisotopic (exact) mass is 605 g/mol. The highest BCUT2D eigenvalue weighted by Crippen LogP contribution is 2.35. The minimum atomic E-state index is -0.366. The highest BCUT2D eigenvalue weighted by atomic mass is 16.5. The molecule has 4 aliphatic rings. The highest BCUT2D eigenvalue weighted by Gasteiger charge is 2.37. The summed E-state index contributed by atoms with van der Waals surface area (Å²) in [6, 6.07) is 5.82. The largest absolute Gasteiger partial charge is 0.495 e. The molecule has 1 atom stereocenters. The van der Waals surface area contributed by atoms with Gasteiger partial charge in [0.15, 0.2) is 5.82 Å². The number of methoxy groups -OCH3 is 1. The molecule has 1 unspecified atom stereocenters. The lowest BCUT2D eigenvalue weighted by atomic mass is 9.89. The Morgan fingerprint density at radius 2 is 1.82 bits per heavy atom. The number of anilines is 4. The van der Waals surface area contributed by atoms with Crippen LogP contribution >= 0.6 is 0 Å². The molecule has 2 aromatic rings. The molecule has 0 bridgehead atoms. The van der Waals surface area contributed by atoms with E-state index in [0.717, 1.165) is 31.6 Å². The summed E-state index contributed by atoms with van der Waals surface area (Å²) in [7, 11) is 5.10. The number of ether oxygens (including phenoxy) is 1. The van der Waals surface area contributed by atoms with Gasteiger partial charge in [-0.25, -0.2) is 10.4 Å². The maximum atomic E-state index is 13.2. The number of carbonyl (C=O) groups excluding carboxylic acids is 2. The first-order valence-electron chi connectivity index (χ1n) is 16.2. The van der Waals surface area contributed by atoms with Crippen LogP contribution in [0.3, 0.4) is 0 Å². The van der Waals surface area contributed by atoms with Gasteiger partial charge in [-0.05, 0) is 69.1 Å². The zero-order valence-corrected chi connectivity index (χ0v) is 26.5. The maximum Gasteiger partial charge on any atom is 0.251 e. The van der Waals surface area contributed by atoms with E-state index in [1.54, 1.807) is 49.4 Å². The summed E-state index contributed by atoms with van der Waals surface area (Å²) < 4.78 is 5.65. The number of rotatable bonds is 10. The van der Waals surface area contributed by atoms with Crippen LogP contribution in [0.25, 0.3) is 0 Å². The predicted octanol–water partition coefficient (Wildman–Crippen LogP) is 2.99. The summed E-state index contributed by atoms with van der Waals surface area (Å²) in [6.45, 7) is 8.02. The van der Waals surface area contributed by atoms with Crippen LogP contribution in [-0.2, 0) is 4.79 Å². The molecule has 2 aliphatic carbocycles. The number of fused-ring (bicyclic) bond motifs is 1. The second-order valence-electron chi connectivity index (χ2n) is 12.6. The van der Waals surface area contributed by atoms with Crippen molar-refractivity contribution in [3.05, 3.63) is 30.0 Å². The molecule has 2 amide bonds. The van der Waals surface area contributed by atoms with Crippen molar-refractivity contribution in [1.82, 2.24) is 30.5 Å². The number of hydrazine groups is 1. The molecule has 1 aromatic heterocycles. The molecule has 6 rings (SSSR count). The van der Waals surface area contributed by atoms with Crippen molar-refractivity contribution >= 4 is 35.0 Å². The van der Waals surface area contributed by atoms with Crippen molar-refractivity contribution in [1.29, 1.82) is 0 Å². The van der Waals surface area contributed by atoms with E-state index in [1.165, 1.54) is 45.6 Å². The lowest BCUT2D eigenvalue weighted by Crippen LogP contribution is -2.56. The molecular formula is C32H47N9O3. The SMILES string of the molecule is CCC1C(=O)N(C)c2cnc(Nc3ccc(C(=O)NC4CCC(N5CCN(CC6CC6)CC5)CC4)cc3OC)nc2N1NC. The van der Waals surface area contributed by atoms with Crippen molar-refractivity contribution in [2.75, 3.05) is 69.2 Å². The average molecular weight is 606 g/mol. The number of nitrogens with zero attached hydrogens (tertiary/aromatic N) is 6. The van der Waals surface area contributed by atoms with Gasteiger partial charge in [0.2, 0.25) is 5.95 Å². The predicted molar refractivity (Wildman–Crippen MR) is 172 cm³/mol. The number of nitrogens with one attached hydrogen (secondary N) is 3. The molecule has 12 nitrogen and oxygen atoms in total. The van der Waals surface area contributed by atoms with E-state index in [4.69, 9.17) is 9.72 Å². The van der Waals surface area contributed by atoms with E-state index in [9.17, 15) is 9.59 Å². The molecule has 3 heterocycles. The van der Waals surface area contributed by atoms with Crippen LogP contribution in [0, 0.1) is 5.92 Å². The Balaban J connectivity index is 1.05. The topological polar surface area (TPSA) is 118 Å². The van der Waals surface area contributed by atoms with Crippen LogP contribution < -0.4 is 30.7 Å². The minimum absolute atomic E-state index is 0.0142. The molecule has 238 valence electrons. The lowest BCUT2D eigenvalue weighted by molar-refractivity contribution is -0.120. The van der Waals surface area contributed by atoms with Gasteiger partial charge in [0.25, 0.3) is 11.8 Å². The van der Waals surface area contributed by atoms with Gasteiger partial charge in [0.1, 0.15) is 17.5 Å². The Bertz CT molecular complexity index is 1340. The zero-order valence-electron chi connectivity index (χ0n) is 26.5. The van der Waals surface area contributed by atoms with Crippen molar-refractivity contribution < 1.29 is 14.3 Å². The van der Waals surface area contributed by atoms with E-state index in [1.807, 2.05) is 13.0 Å². The Labute approximate surface area is 260 Å². The highest BCUT2D eigenvalue weighted by molar-refractivity contribution is 6.04. The smallest absolute Gasteiger partial charge is 0.251 e. The molecule has 3 fully saturated rings. The van der Waals surface area contributed by atoms with E-state index in [2.05, 4.69) is 30.8 Å². The van der Waals surface area contributed by atoms with Crippen molar-refractivity contribution in [3.8, 4) is 5.75 Å². The molecule has 0 radical (unpaired) electrons. The quantitative estimate of drug-likeness (QED) is 0.373. The van der Waals surface area contributed by atoms with E-state index < -0.39 is 0 Å². The van der Waals surface area contributed by atoms with Crippen LogP contribution in [0.4, 0.5) is 23.1 Å². The fourth-order valence-electron chi connectivity index (χ4n) is 6.95. The normalized spacial score (nSPS) is 24.6. The third-order valence-corrected chi connectivity index (χ3v) is 9.77. The molecule has 2 aliphatic heterocycles. The summed E-state index contributed by atoms with van der Waals surface area (Å²) >= 11 is 0. The van der Waals surface area contributed by atoms with Crippen LogP contribution in [0.2, 0.25) is 0 Å². The average Bonchev–Trinajstić information content (AvgIpc) is 3.87. The standard InChI is InChI=1S/C32H47N9O3/c1-5-26-31(43)38(3)27-19-34-32(37-29(27)41(26)33-2)36-25-13-8-22(18-28(25)44-4)30(42)35-23-9-11-24(12-10-23)40-16-14-39(15-17-40)20-21-6-7-21/h8,13,18-19,21,23-24,26,33H,5-7,9-12,14-17,20H2,1-4H3,(H,35,42)(H,34,36,37). The van der Waals surface area contributed by atoms with Crippen LogP contribution in [0.5, 0.6) is 5.75 Å². The third kappa shape index (κ3) is 6.47. The fourth-order valence-corrected chi connectivity index (χ4v) is 6.95. The van der Waals surface area contributed by atoms with Gasteiger partial charge in [-0.15, -0.1) is 0 Å². The molecule has 1 saturated heterocycles. The van der Waals surface area contributed by atoms with E-state index in [-0.39, 0.29) is 23.9 Å². The summed E-state index contributed by atoms with van der Waals surface area (Å²) in [5.74, 6) is 2.36. The lowest BCUT2D eigenvalue weighted by Gasteiger charge is -2.42. The van der Waals surface area contributed by atoms with Gasteiger partial charge in [0, 0.05) is 64.5 Å². The third-order valence-electron chi connectivity index (χ3n) is 9.77. The Hall–Kier alpha value is -3.48. The Kier molecular flexibility index (Phi) is 9.20. The Morgan fingerprint density at radius 3 is 2.48 bits per heavy atom. The fraction of sp³-hybridized carbons (Fsp3) is 0.625. The molecule has 2 saturated carbocycles. The van der Waals surface area contributed by atoms with Gasteiger partial charge in [-0.1, -0.05) is 6.92 Å². The van der Waals surface area contributed by atoms with Crippen LogP contribution in [-0.4, -0.2) is 104 Å². The number of hydrogen-bond acceptors (Lipinski definition) is 10. The number of likely N-dealkylation sites (N-methyl/N-ethyl adjacent to an activating group) is 1. The molecular weight excluding hydrogens is 558 g/mol. The summed E-state index contributed by atoms with van der Waals surface area (Å²) in [5.41, 5.74) is 4.92. The number of aromatic nitrogens is 2. The summed E-state index contributed by atoms with van der Waals surface area (Å²) in [6.07, 6.45) is 9.40. The number of hydrogen-bond donors (Lipinski definition) is 3. The zero-order chi connectivity index (χ0) is 30.8.